The molecule has 3 aliphatic carbocycles. The zero-order valence-electron chi connectivity index (χ0n) is 21.3. The monoisotopic (exact) mass is 482 g/mol. The molecule has 0 bridgehead atoms. The van der Waals surface area contributed by atoms with Crippen molar-refractivity contribution in [2.45, 2.75) is 95.3 Å². The van der Waals surface area contributed by atoms with E-state index in [0.717, 1.165) is 24.2 Å². The summed E-state index contributed by atoms with van der Waals surface area (Å²) in [6.07, 6.45) is 12.8. The summed E-state index contributed by atoms with van der Waals surface area (Å²) in [5.41, 5.74) is 4.71. The summed E-state index contributed by atoms with van der Waals surface area (Å²) in [6.45, 7) is 8.52. The van der Waals surface area contributed by atoms with Crippen LogP contribution in [-0.2, 0) is 5.60 Å². The van der Waals surface area contributed by atoms with Crippen molar-refractivity contribution in [2.75, 3.05) is 5.75 Å². The van der Waals surface area contributed by atoms with Gasteiger partial charge in [-0.1, -0.05) is 60.9 Å². The van der Waals surface area contributed by atoms with Gasteiger partial charge in [0.1, 0.15) is 0 Å². The molecule has 2 saturated carbocycles. The summed E-state index contributed by atoms with van der Waals surface area (Å²) >= 11 is 1.89. The standard InChI is InChI=1S/C30H42O3S/c1-20(19-34-26-9-5-8-23(17-26)29(2,3)33)27-12-13-28-22(7-6-14-30(27,28)4)11-10-21-15-24(31)18-25(32)16-21/h5,8-12,17,20,24-25,28,31-33H,6-7,13-16,18-19H2,1-4H3/b22-11+/t20-,24+,25+,28-,30+/m0/s1. The van der Waals surface area contributed by atoms with Gasteiger partial charge in [0.25, 0.3) is 0 Å². The lowest BCUT2D eigenvalue weighted by Gasteiger charge is -2.42. The van der Waals surface area contributed by atoms with Crippen LogP contribution in [0, 0.1) is 17.3 Å². The van der Waals surface area contributed by atoms with Crippen molar-refractivity contribution in [1.29, 1.82) is 0 Å². The number of aliphatic hydroxyl groups is 3. The maximum Gasteiger partial charge on any atom is 0.0840 e. The van der Waals surface area contributed by atoms with Crippen LogP contribution in [0.15, 0.2) is 64.1 Å². The van der Waals surface area contributed by atoms with Gasteiger partial charge < -0.3 is 15.3 Å². The number of rotatable bonds is 6. The maximum atomic E-state index is 10.4. The van der Waals surface area contributed by atoms with Gasteiger partial charge in [0.2, 0.25) is 0 Å². The summed E-state index contributed by atoms with van der Waals surface area (Å²) in [5, 5.41) is 30.4. The quantitative estimate of drug-likeness (QED) is 0.318. The average Bonchev–Trinajstić information content (AvgIpc) is 3.12. The second-order valence-electron chi connectivity index (χ2n) is 11.5. The van der Waals surface area contributed by atoms with Crippen molar-refractivity contribution < 1.29 is 15.3 Å². The van der Waals surface area contributed by atoms with E-state index in [9.17, 15) is 15.3 Å². The van der Waals surface area contributed by atoms with Crippen LogP contribution in [0.2, 0.25) is 0 Å². The predicted octanol–water partition coefficient (Wildman–Crippen LogP) is 6.54. The van der Waals surface area contributed by atoms with E-state index in [0.29, 0.717) is 31.1 Å². The number of hydrogen-bond donors (Lipinski definition) is 3. The molecule has 1 aromatic rings. The lowest BCUT2D eigenvalue weighted by atomic mass is 9.62. The topological polar surface area (TPSA) is 60.7 Å². The van der Waals surface area contributed by atoms with Crippen molar-refractivity contribution in [3.8, 4) is 0 Å². The Kier molecular flexibility index (Phi) is 7.83. The van der Waals surface area contributed by atoms with Crippen LogP contribution in [-0.4, -0.2) is 33.3 Å². The zero-order chi connectivity index (χ0) is 24.5. The molecule has 0 spiro atoms. The third kappa shape index (κ3) is 5.73. The average molecular weight is 483 g/mol. The highest BCUT2D eigenvalue weighted by Gasteiger charge is 2.45. The Hall–Kier alpha value is -1.33. The highest BCUT2D eigenvalue weighted by atomic mass is 32.2. The minimum Gasteiger partial charge on any atom is -0.393 e. The van der Waals surface area contributed by atoms with Crippen molar-refractivity contribution >= 4 is 11.8 Å². The Morgan fingerprint density at radius 1 is 1.18 bits per heavy atom. The molecule has 0 unspecified atom stereocenters. The molecular weight excluding hydrogens is 440 g/mol. The second-order valence-corrected chi connectivity index (χ2v) is 12.6. The molecule has 1 aromatic carbocycles. The SMILES string of the molecule is C[C@@H](CSc1cccc(C(C)(C)O)c1)C1=CC[C@H]2/C(=C/C=C3C[C@@H](O)C[C@H](O)C3)CCC[C@]12C. The largest absolute Gasteiger partial charge is 0.393 e. The third-order valence-corrected chi connectivity index (χ3v) is 9.51. The van der Waals surface area contributed by atoms with E-state index < -0.39 is 17.8 Å². The molecule has 0 heterocycles. The molecule has 4 heteroatoms. The summed E-state index contributed by atoms with van der Waals surface area (Å²) < 4.78 is 0. The molecule has 5 atom stereocenters. The predicted molar refractivity (Wildman–Crippen MR) is 142 cm³/mol. The van der Waals surface area contributed by atoms with Gasteiger partial charge in [-0.05, 0) is 93.7 Å². The second kappa shape index (κ2) is 10.3. The highest BCUT2D eigenvalue weighted by molar-refractivity contribution is 7.99. The maximum absolute atomic E-state index is 10.4. The fourth-order valence-electron chi connectivity index (χ4n) is 6.42. The van der Waals surface area contributed by atoms with Crippen LogP contribution >= 0.6 is 11.8 Å². The first-order valence-electron chi connectivity index (χ1n) is 13.0. The van der Waals surface area contributed by atoms with E-state index in [1.807, 2.05) is 37.7 Å². The first kappa shape index (κ1) is 25.8. The van der Waals surface area contributed by atoms with Gasteiger partial charge in [0.05, 0.1) is 17.8 Å². The van der Waals surface area contributed by atoms with E-state index in [1.54, 1.807) is 11.1 Å². The van der Waals surface area contributed by atoms with Crippen molar-refractivity contribution in [2.24, 2.45) is 17.3 Å². The van der Waals surface area contributed by atoms with Gasteiger partial charge in [0.15, 0.2) is 0 Å². The number of hydrogen-bond acceptors (Lipinski definition) is 4. The number of allylic oxidation sites excluding steroid dienone is 5. The van der Waals surface area contributed by atoms with Gasteiger partial charge in [-0.25, -0.2) is 0 Å². The van der Waals surface area contributed by atoms with Gasteiger partial charge >= 0.3 is 0 Å². The Balaban J connectivity index is 1.43. The molecule has 3 N–H and O–H groups in total. The van der Waals surface area contributed by atoms with Crippen LogP contribution in [0.5, 0.6) is 0 Å². The summed E-state index contributed by atoms with van der Waals surface area (Å²) in [7, 11) is 0. The van der Waals surface area contributed by atoms with Gasteiger partial charge in [-0.2, -0.15) is 0 Å². The van der Waals surface area contributed by atoms with Crippen LogP contribution in [0.1, 0.15) is 78.2 Å². The summed E-state index contributed by atoms with van der Waals surface area (Å²) in [5.74, 6) is 2.12. The highest BCUT2D eigenvalue weighted by Crippen LogP contribution is 2.57. The van der Waals surface area contributed by atoms with Crippen LogP contribution in [0.25, 0.3) is 0 Å². The third-order valence-electron chi connectivity index (χ3n) is 8.26. The molecule has 0 radical (unpaired) electrons. The molecule has 3 aliphatic rings. The Labute approximate surface area is 210 Å². The van der Waals surface area contributed by atoms with Gasteiger partial charge in [-0.15, -0.1) is 11.8 Å². The number of fused-ring (bicyclic) bond motifs is 1. The van der Waals surface area contributed by atoms with E-state index in [2.05, 4.69) is 44.2 Å². The zero-order valence-corrected chi connectivity index (χ0v) is 22.1. The van der Waals surface area contributed by atoms with Crippen LogP contribution in [0.4, 0.5) is 0 Å². The molecule has 186 valence electrons. The Morgan fingerprint density at radius 3 is 2.62 bits per heavy atom. The van der Waals surface area contributed by atoms with Gasteiger partial charge in [0, 0.05) is 10.6 Å². The van der Waals surface area contributed by atoms with E-state index in [4.69, 9.17) is 0 Å². The molecule has 34 heavy (non-hydrogen) atoms. The van der Waals surface area contributed by atoms with Crippen molar-refractivity contribution in [1.82, 2.24) is 0 Å². The van der Waals surface area contributed by atoms with E-state index >= 15 is 0 Å². The van der Waals surface area contributed by atoms with Crippen molar-refractivity contribution in [3.63, 3.8) is 0 Å². The van der Waals surface area contributed by atoms with E-state index in [1.165, 1.54) is 23.3 Å². The Bertz CT molecular complexity index is 958. The molecule has 4 rings (SSSR count). The normalized spacial score (nSPS) is 31.9. The summed E-state index contributed by atoms with van der Waals surface area (Å²) in [4.78, 5) is 1.22. The first-order chi connectivity index (χ1) is 16.1. The number of aliphatic hydroxyl groups excluding tert-OH is 2. The Morgan fingerprint density at radius 2 is 1.91 bits per heavy atom. The fraction of sp³-hybridized carbons (Fsp3) is 0.600. The summed E-state index contributed by atoms with van der Waals surface area (Å²) in [6, 6.07) is 8.31. The molecule has 2 fully saturated rings. The lowest BCUT2D eigenvalue weighted by molar-refractivity contribution is 0.0609. The minimum absolute atomic E-state index is 0.225. The minimum atomic E-state index is -0.815. The molecular formula is C30H42O3S. The molecule has 0 aliphatic heterocycles. The van der Waals surface area contributed by atoms with Crippen LogP contribution in [0.3, 0.4) is 0 Å². The fourth-order valence-corrected chi connectivity index (χ4v) is 7.43. The van der Waals surface area contributed by atoms with Crippen molar-refractivity contribution in [3.05, 3.63) is 64.8 Å². The number of thioether (sulfide) groups is 1. The lowest BCUT2D eigenvalue weighted by Crippen LogP contribution is -2.33. The molecule has 0 amide bonds. The van der Waals surface area contributed by atoms with Crippen LogP contribution < -0.4 is 0 Å². The van der Waals surface area contributed by atoms with Gasteiger partial charge in [-0.3, -0.25) is 0 Å². The smallest absolute Gasteiger partial charge is 0.0840 e. The molecule has 0 aromatic heterocycles. The molecule has 3 nitrogen and oxygen atoms in total. The van der Waals surface area contributed by atoms with E-state index in [-0.39, 0.29) is 5.41 Å². The molecule has 0 saturated heterocycles. The first-order valence-corrected chi connectivity index (χ1v) is 14.0. The number of benzene rings is 1.